The molecule has 102 valence electrons. The molecule has 1 saturated heterocycles. The molecule has 2 rings (SSSR count). The van der Waals surface area contributed by atoms with Gasteiger partial charge in [0.25, 0.3) is 0 Å². The number of carboxylic acids is 1. The van der Waals surface area contributed by atoms with Crippen LogP contribution in [0.15, 0.2) is 30.3 Å². The number of aryl methyl sites for hydroxylation is 1. The van der Waals surface area contributed by atoms with Gasteiger partial charge < -0.3 is 10.0 Å². The summed E-state index contributed by atoms with van der Waals surface area (Å²) in [5.74, 6) is -0.907. The van der Waals surface area contributed by atoms with Crippen LogP contribution in [0.25, 0.3) is 0 Å². The average Bonchev–Trinajstić information content (AvgIpc) is 2.35. The molecular formula is C15H19NO3. The van der Waals surface area contributed by atoms with Crippen molar-refractivity contribution < 1.29 is 14.7 Å². The maximum absolute atomic E-state index is 11.9. The number of carboxylic acid groups (broad SMARTS) is 1. The van der Waals surface area contributed by atoms with Crippen molar-refractivity contribution in [2.75, 3.05) is 13.1 Å². The predicted molar refractivity (Wildman–Crippen MR) is 71.6 cm³/mol. The summed E-state index contributed by atoms with van der Waals surface area (Å²) in [5, 5.41) is 8.89. The summed E-state index contributed by atoms with van der Waals surface area (Å²) in [6, 6.07) is 9.91. The van der Waals surface area contributed by atoms with Crippen molar-refractivity contribution in [2.24, 2.45) is 11.8 Å². The maximum Gasteiger partial charge on any atom is 0.306 e. The number of carbonyl (C=O) groups excluding carboxylic acids is 1. The summed E-state index contributed by atoms with van der Waals surface area (Å²) in [5.41, 5.74) is 1.16. The van der Waals surface area contributed by atoms with Crippen LogP contribution in [-0.2, 0) is 16.0 Å². The van der Waals surface area contributed by atoms with Crippen LogP contribution >= 0.6 is 0 Å². The second-order valence-corrected chi connectivity index (χ2v) is 5.17. The highest BCUT2D eigenvalue weighted by atomic mass is 16.4. The molecule has 1 aliphatic heterocycles. The monoisotopic (exact) mass is 261 g/mol. The summed E-state index contributed by atoms with van der Waals surface area (Å²) in [6.45, 7) is 2.88. The van der Waals surface area contributed by atoms with Gasteiger partial charge in [0, 0.05) is 25.4 Å². The molecule has 0 bridgehead atoms. The van der Waals surface area contributed by atoms with Gasteiger partial charge in [0.2, 0.25) is 5.91 Å². The lowest BCUT2D eigenvalue weighted by atomic mass is 9.87. The molecule has 1 amide bonds. The Kier molecular flexibility index (Phi) is 4.20. The number of benzene rings is 1. The van der Waals surface area contributed by atoms with E-state index in [0.717, 1.165) is 12.0 Å². The van der Waals surface area contributed by atoms with Crippen molar-refractivity contribution in [3.8, 4) is 0 Å². The van der Waals surface area contributed by atoms with Crippen LogP contribution in [0.5, 0.6) is 0 Å². The standard InChI is InChI=1S/C15H19NO3/c1-11(15(18)19)13-9-16(10-13)14(17)8-7-12-5-3-2-4-6-12/h2-6,11,13H,7-10H2,1H3,(H,18,19). The first-order chi connectivity index (χ1) is 9.08. The van der Waals surface area contributed by atoms with Gasteiger partial charge in [-0.25, -0.2) is 0 Å². The molecule has 1 aromatic carbocycles. The molecule has 1 N–H and O–H groups in total. The van der Waals surface area contributed by atoms with Crippen LogP contribution in [0.4, 0.5) is 0 Å². The van der Waals surface area contributed by atoms with E-state index in [1.54, 1.807) is 11.8 Å². The molecule has 1 heterocycles. The Morgan fingerprint density at radius 1 is 1.32 bits per heavy atom. The van der Waals surface area contributed by atoms with Gasteiger partial charge in [0.1, 0.15) is 0 Å². The third-order valence-corrected chi connectivity index (χ3v) is 3.83. The van der Waals surface area contributed by atoms with E-state index < -0.39 is 5.97 Å². The number of aliphatic carboxylic acids is 1. The first-order valence-corrected chi connectivity index (χ1v) is 6.62. The van der Waals surface area contributed by atoms with Crippen LogP contribution in [0.2, 0.25) is 0 Å². The summed E-state index contributed by atoms with van der Waals surface area (Å²) < 4.78 is 0. The fraction of sp³-hybridized carbons (Fsp3) is 0.467. The molecule has 1 aromatic rings. The van der Waals surface area contributed by atoms with Gasteiger partial charge in [-0.05, 0) is 12.0 Å². The van der Waals surface area contributed by atoms with Gasteiger partial charge in [-0.2, -0.15) is 0 Å². The third kappa shape index (κ3) is 3.34. The second-order valence-electron chi connectivity index (χ2n) is 5.17. The van der Waals surface area contributed by atoms with Gasteiger partial charge in [-0.1, -0.05) is 37.3 Å². The van der Waals surface area contributed by atoms with E-state index in [9.17, 15) is 9.59 Å². The number of hydrogen-bond acceptors (Lipinski definition) is 2. The minimum absolute atomic E-state index is 0.109. The molecule has 0 aromatic heterocycles. The smallest absolute Gasteiger partial charge is 0.306 e. The van der Waals surface area contributed by atoms with Crippen molar-refractivity contribution in [3.05, 3.63) is 35.9 Å². The Morgan fingerprint density at radius 3 is 2.53 bits per heavy atom. The largest absolute Gasteiger partial charge is 0.481 e. The van der Waals surface area contributed by atoms with Crippen LogP contribution in [-0.4, -0.2) is 35.0 Å². The van der Waals surface area contributed by atoms with Gasteiger partial charge in [0.15, 0.2) is 0 Å². The second kappa shape index (κ2) is 5.87. The number of nitrogens with zero attached hydrogens (tertiary/aromatic N) is 1. The number of hydrogen-bond donors (Lipinski definition) is 1. The zero-order valence-corrected chi connectivity index (χ0v) is 11.1. The number of carbonyl (C=O) groups is 2. The summed E-state index contributed by atoms with van der Waals surface area (Å²) in [7, 11) is 0. The minimum Gasteiger partial charge on any atom is -0.481 e. The summed E-state index contributed by atoms with van der Waals surface area (Å²) >= 11 is 0. The SMILES string of the molecule is CC(C(=O)O)C1CN(C(=O)CCc2ccccc2)C1. The van der Waals surface area contributed by atoms with E-state index in [1.165, 1.54) is 0 Å². The maximum atomic E-state index is 11.9. The molecule has 1 aliphatic rings. The molecular weight excluding hydrogens is 242 g/mol. The normalized spacial score (nSPS) is 16.8. The van der Waals surface area contributed by atoms with Crippen LogP contribution in [0.3, 0.4) is 0 Å². The Labute approximate surface area is 113 Å². The molecule has 0 saturated carbocycles. The summed E-state index contributed by atoms with van der Waals surface area (Å²) in [4.78, 5) is 24.5. The minimum atomic E-state index is -0.776. The highest BCUT2D eigenvalue weighted by molar-refractivity contribution is 5.78. The van der Waals surface area contributed by atoms with Crippen LogP contribution in [0.1, 0.15) is 18.9 Å². The topological polar surface area (TPSA) is 57.6 Å². The molecule has 0 spiro atoms. The molecule has 1 unspecified atom stereocenters. The molecule has 19 heavy (non-hydrogen) atoms. The van der Waals surface area contributed by atoms with E-state index in [1.807, 2.05) is 30.3 Å². The molecule has 1 atom stereocenters. The molecule has 4 heteroatoms. The Balaban J connectivity index is 1.73. The number of likely N-dealkylation sites (tertiary alicyclic amines) is 1. The van der Waals surface area contributed by atoms with Crippen LogP contribution < -0.4 is 0 Å². The van der Waals surface area contributed by atoms with Crippen molar-refractivity contribution in [3.63, 3.8) is 0 Å². The highest BCUT2D eigenvalue weighted by Crippen LogP contribution is 2.24. The number of amides is 1. The lowest BCUT2D eigenvalue weighted by Gasteiger charge is -2.41. The fourth-order valence-corrected chi connectivity index (χ4v) is 2.29. The lowest BCUT2D eigenvalue weighted by Crippen LogP contribution is -2.53. The van der Waals surface area contributed by atoms with E-state index in [0.29, 0.717) is 19.5 Å². The lowest BCUT2D eigenvalue weighted by molar-refractivity contribution is -0.150. The molecule has 1 fully saturated rings. The third-order valence-electron chi connectivity index (χ3n) is 3.83. The highest BCUT2D eigenvalue weighted by Gasteiger charge is 2.36. The molecule has 4 nitrogen and oxygen atoms in total. The summed E-state index contributed by atoms with van der Waals surface area (Å²) in [6.07, 6.45) is 1.24. The quantitative estimate of drug-likeness (QED) is 0.879. The first kappa shape index (κ1) is 13.6. The van der Waals surface area contributed by atoms with Crippen molar-refractivity contribution in [2.45, 2.75) is 19.8 Å². The zero-order chi connectivity index (χ0) is 13.8. The van der Waals surface area contributed by atoms with Gasteiger partial charge in [-0.15, -0.1) is 0 Å². The van der Waals surface area contributed by atoms with E-state index in [2.05, 4.69) is 0 Å². The Morgan fingerprint density at radius 2 is 1.95 bits per heavy atom. The Bertz CT molecular complexity index is 452. The van der Waals surface area contributed by atoms with E-state index >= 15 is 0 Å². The van der Waals surface area contributed by atoms with Crippen LogP contribution in [0, 0.1) is 11.8 Å². The Hall–Kier alpha value is -1.84. The van der Waals surface area contributed by atoms with Gasteiger partial charge >= 0.3 is 5.97 Å². The van der Waals surface area contributed by atoms with E-state index in [4.69, 9.17) is 5.11 Å². The number of rotatable bonds is 5. The molecule has 0 aliphatic carbocycles. The fourth-order valence-electron chi connectivity index (χ4n) is 2.29. The molecule has 0 radical (unpaired) electrons. The predicted octanol–water partition coefficient (Wildman–Crippen LogP) is 1.80. The van der Waals surface area contributed by atoms with Crippen molar-refractivity contribution in [1.29, 1.82) is 0 Å². The van der Waals surface area contributed by atoms with E-state index in [-0.39, 0.29) is 17.7 Å². The zero-order valence-electron chi connectivity index (χ0n) is 11.1. The van der Waals surface area contributed by atoms with Gasteiger partial charge in [0.05, 0.1) is 5.92 Å². The first-order valence-electron chi connectivity index (χ1n) is 6.62. The van der Waals surface area contributed by atoms with Crippen molar-refractivity contribution >= 4 is 11.9 Å². The average molecular weight is 261 g/mol. The van der Waals surface area contributed by atoms with Crippen molar-refractivity contribution in [1.82, 2.24) is 4.90 Å². The van der Waals surface area contributed by atoms with Gasteiger partial charge in [-0.3, -0.25) is 9.59 Å².